The zero-order chi connectivity index (χ0) is 49.7. The number of hydrogen-bond acceptors (Lipinski definition) is 13. The van der Waals surface area contributed by atoms with Crippen LogP contribution < -0.4 is 14.8 Å². The summed E-state index contributed by atoms with van der Waals surface area (Å²) in [4.78, 5) is 61.4. The summed E-state index contributed by atoms with van der Waals surface area (Å²) in [5, 5.41) is 12.2. The topological polar surface area (TPSA) is 191 Å². The maximum atomic E-state index is 13.0. The molecule has 6 heterocycles. The molecule has 4 saturated heterocycles. The van der Waals surface area contributed by atoms with Crippen molar-refractivity contribution in [2.24, 2.45) is 11.8 Å². The number of carboxylic acids is 1. The van der Waals surface area contributed by atoms with Gasteiger partial charge in [-0.05, 0) is 118 Å². The third-order valence-electron chi connectivity index (χ3n) is 12.9. The molecular formula is C50H74Br2N6O11. The van der Waals surface area contributed by atoms with Crippen LogP contribution in [0.5, 0.6) is 11.8 Å². The van der Waals surface area contributed by atoms with E-state index in [1.165, 1.54) is 0 Å². The third-order valence-corrected chi connectivity index (χ3v) is 13.9. The number of ether oxygens (including phenoxy) is 6. The number of carboxylic acid groups (broad SMARTS) is 1. The Balaban J connectivity index is 0.000000188. The predicted octanol–water partition coefficient (Wildman–Crippen LogP) is 8.65. The highest BCUT2D eigenvalue weighted by Crippen LogP contribution is 2.33. The molecule has 0 unspecified atom stereocenters. The molecule has 2 aromatic heterocycles. The average molecular weight is 1090 g/mol. The van der Waals surface area contributed by atoms with E-state index < -0.39 is 17.2 Å². The molecule has 2 aliphatic carbocycles. The Labute approximate surface area is 424 Å². The highest BCUT2D eigenvalue weighted by atomic mass is 79.9. The smallest absolute Gasteiger partial charge is 0.410 e. The standard InChI is InChI=1S/C25H36BrN3O5.C14H19BrN2O2.C11H19NO4/c1-25(2,3)34-24(31)29-10-5-17(6-11-29)23(30)28-12-7-19(8-13-28)32-20-15-21(16-20)33-22-14-18(26)4-9-27-22;15-10-1-6-17-14(7-10)19-13-8-12(9-13)18-11-2-4-16-5-3-11;1-11(2,3)16-10(15)12-6-4-8(5-7-12)9(13)14/h4,9,14,17,19-21H,5-8,10-13,15-16H2,1-3H3;1,6-7,11-13,16H,2-5,8-9H2;8H,4-7H2,1-3H3,(H,13,14). The molecule has 0 aromatic carbocycles. The summed E-state index contributed by atoms with van der Waals surface area (Å²) in [6.45, 7) is 16.8. The van der Waals surface area contributed by atoms with Crippen LogP contribution in [0.15, 0.2) is 45.6 Å². The molecular weight excluding hydrogens is 1020 g/mol. The lowest BCUT2D eigenvalue weighted by Crippen LogP contribution is -2.49. The van der Waals surface area contributed by atoms with Gasteiger partial charge in [0.1, 0.15) is 23.4 Å². The molecule has 6 aliphatic rings. The van der Waals surface area contributed by atoms with Crippen LogP contribution in [0.1, 0.15) is 119 Å². The number of carbonyl (C=O) groups excluding carboxylic acids is 3. The SMILES string of the molecule is Brc1ccnc(OC2CC(OC3CCNCC3)C2)c1.CC(C)(C)OC(=O)N1CCC(C(=O)N2CCC(OC3CC(Oc4cc(Br)ccn4)C3)CC2)CC1.CC(C)(C)OC(=O)N1CCC(C(=O)O)CC1. The number of aliphatic carboxylic acids is 1. The Morgan fingerprint density at radius 1 is 0.565 bits per heavy atom. The van der Waals surface area contributed by atoms with Crippen LogP contribution in [0.4, 0.5) is 9.59 Å². The molecule has 3 amide bonds. The van der Waals surface area contributed by atoms with E-state index in [0.717, 1.165) is 86.5 Å². The largest absolute Gasteiger partial charge is 0.481 e. The molecule has 0 bridgehead atoms. The van der Waals surface area contributed by atoms with Crippen LogP contribution in [0.2, 0.25) is 0 Å². The summed E-state index contributed by atoms with van der Waals surface area (Å²) in [6.07, 6.45) is 14.7. The summed E-state index contributed by atoms with van der Waals surface area (Å²) in [5.74, 6) is 0.456. The van der Waals surface area contributed by atoms with Gasteiger partial charge in [-0.25, -0.2) is 19.6 Å². The second-order valence-corrected chi connectivity index (χ2v) is 22.7. The lowest BCUT2D eigenvalue weighted by molar-refractivity contribution is -0.144. The summed E-state index contributed by atoms with van der Waals surface area (Å²) < 4.78 is 36.7. The molecule has 0 atom stereocenters. The molecule has 2 aromatic rings. The number of rotatable bonds is 10. The van der Waals surface area contributed by atoms with Crippen LogP contribution >= 0.6 is 31.9 Å². The molecule has 384 valence electrons. The van der Waals surface area contributed by atoms with E-state index in [-0.39, 0.29) is 54.3 Å². The molecule has 19 heteroatoms. The molecule has 6 fully saturated rings. The van der Waals surface area contributed by atoms with Crippen molar-refractivity contribution >= 4 is 55.9 Å². The molecule has 0 radical (unpaired) electrons. The second-order valence-electron chi connectivity index (χ2n) is 20.9. The Bertz CT molecular complexity index is 1960. The number of nitrogens with zero attached hydrogens (tertiary/aromatic N) is 5. The van der Waals surface area contributed by atoms with E-state index in [9.17, 15) is 19.2 Å². The summed E-state index contributed by atoms with van der Waals surface area (Å²) in [5.41, 5.74) is -0.999. The van der Waals surface area contributed by atoms with Crippen molar-refractivity contribution in [1.82, 2.24) is 30.0 Å². The van der Waals surface area contributed by atoms with Crippen LogP contribution in [0.3, 0.4) is 0 Å². The Kier molecular flexibility index (Phi) is 20.2. The minimum absolute atomic E-state index is 0.00710. The van der Waals surface area contributed by atoms with Gasteiger partial charge in [-0.2, -0.15) is 0 Å². The highest BCUT2D eigenvalue weighted by molar-refractivity contribution is 9.10. The fourth-order valence-electron chi connectivity index (χ4n) is 8.91. The first kappa shape index (κ1) is 54.6. The molecule has 2 saturated carbocycles. The Morgan fingerprint density at radius 2 is 0.957 bits per heavy atom. The van der Waals surface area contributed by atoms with E-state index in [0.29, 0.717) is 75.8 Å². The summed E-state index contributed by atoms with van der Waals surface area (Å²) in [7, 11) is 0. The van der Waals surface area contributed by atoms with E-state index in [1.54, 1.807) is 22.2 Å². The highest BCUT2D eigenvalue weighted by Gasteiger charge is 2.38. The Hall–Kier alpha value is -3.78. The molecule has 2 N–H and O–H groups in total. The number of aromatic nitrogens is 2. The summed E-state index contributed by atoms with van der Waals surface area (Å²) in [6, 6.07) is 7.56. The maximum absolute atomic E-state index is 13.0. The first-order valence-electron chi connectivity index (χ1n) is 24.8. The quantitative estimate of drug-likeness (QED) is 0.230. The summed E-state index contributed by atoms with van der Waals surface area (Å²) >= 11 is 6.85. The van der Waals surface area contributed by atoms with Crippen molar-refractivity contribution in [3.63, 3.8) is 0 Å². The predicted molar refractivity (Wildman–Crippen MR) is 265 cm³/mol. The Morgan fingerprint density at radius 3 is 1.35 bits per heavy atom. The van der Waals surface area contributed by atoms with E-state index in [4.69, 9.17) is 33.5 Å². The van der Waals surface area contributed by atoms with Crippen LogP contribution in [-0.4, -0.2) is 154 Å². The number of halogens is 2. The van der Waals surface area contributed by atoms with Gasteiger partial charge in [-0.15, -0.1) is 0 Å². The van der Waals surface area contributed by atoms with Crippen LogP contribution in [-0.2, 0) is 28.5 Å². The maximum Gasteiger partial charge on any atom is 0.410 e. The van der Waals surface area contributed by atoms with E-state index >= 15 is 0 Å². The first-order chi connectivity index (χ1) is 32.7. The normalized spacial score (nSPS) is 24.0. The van der Waals surface area contributed by atoms with Gasteiger partial charge in [0.15, 0.2) is 0 Å². The minimum atomic E-state index is -0.774. The van der Waals surface area contributed by atoms with Crippen molar-refractivity contribution < 1.29 is 52.7 Å². The lowest BCUT2D eigenvalue weighted by atomic mass is 9.91. The van der Waals surface area contributed by atoms with E-state index in [2.05, 4.69) is 47.1 Å². The van der Waals surface area contributed by atoms with Crippen LogP contribution in [0.25, 0.3) is 0 Å². The fraction of sp³-hybridized carbons (Fsp3) is 0.720. The van der Waals surface area contributed by atoms with Gasteiger partial charge in [0.05, 0.1) is 30.3 Å². The number of likely N-dealkylation sites (tertiary alicyclic amines) is 3. The van der Waals surface area contributed by atoms with Crippen molar-refractivity contribution in [2.45, 2.75) is 166 Å². The minimum Gasteiger partial charge on any atom is -0.481 e. The van der Waals surface area contributed by atoms with Gasteiger partial charge in [0, 0.05) is 104 Å². The number of nitrogens with one attached hydrogen (secondary N) is 1. The van der Waals surface area contributed by atoms with Gasteiger partial charge in [-0.3, -0.25) is 9.59 Å². The fourth-order valence-corrected chi connectivity index (χ4v) is 9.54. The molecule has 17 nitrogen and oxygen atoms in total. The van der Waals surface area contributed by atoms with Crippen LogP contribution in [0, 0.1) is 11.8 Å². The van der Waals surface area contributed by atoms with Crippen molar-refractivity contribution in [3.8, 4) is 11.8 Å². The molecule has 4 aliphatic heterocycles. The van der Waals surface area contributed by atoms with Gasteiger partial charge >= 0.3 is 18.2 Å². The number of carbonyl (C=O) groups is 4. The number of hydrogen-bond donors (Lipinski definition) is 2. The number of amides is 3. The van der Waals surface area contributed by atoms with Gasteiger partial charge in [0.2, 0.25) is 17.7 Å². The lowest BCUT2D eigenvalue weighted by Gasteiger charge is -2.41. The first-order valence-corrected chi connectivity index (χ1v) is 26.4. The van der Waals surface area contributed by atoms with Gasteiger partial charge in [-0.1, -0.05) is 31.9 Å². The monoisotopic (exact) mass is 1090 g/mol. The zero-order valence-corrected chi connectivity index (χ0v) is 44.4. The van der Waals surface area contributed by atoms with Crippen molar-refractivity contribution in [2.75, 3.05) is 52.4 Å². The van der Waals surface area contributed by atoms with Gasteiger partial charge in [0.25, 0.3) is 0 Å². The molecule has 69 heavy (non-hydrogen) atoms. The number of piperidine rings is 4. The molecule has 0 spiro atoms. The van der Waals surface area contributed by atoms with Crippen molar-refractivity contribution in [3.05, 3.63) is 45.6 Å². The van der Waals surface area contributed by atoms with Gasteiger partial charge < -0.3 is 53.5 Å². The zero-order valence-electron chi connectivity index (χ0n) is 41.2. The van der Waals surface area contributed by atoms with E-state index in [1.807, 2.05) is 70.7 Å². The van der Waals surface area contributed by atoms with Crippen molar-refractivity contribution in [1.29, 1.82) is 0 Å². The second kappa shape index (κ2) is 25.6. The number of pyridine rings is 2. The molecule has 8 rings (SSSR count). The third kappa shape index (κ3) is 18.4. The average Bonchev–Trinajstić information content (AvgIpc) is 3.27.